The van der Waals surface area contributed by atoms with Crippen molar-refractivity contribution >= 4 is 15.9 Å². The SMILES string of the molecule is COc1ccc(Br)cc1CC(N)Cc1ccccc1F. The van der Waals surface area contributed by atoms with Gasteiger partial charge in [0.1, 0.15) is 11.6 Å². The van der Waals surface area contributed by atoms with Gasteiger partial charge < -0.3 is 10.5 Å². The Kier molecular flexibility index (Phi) is 5.15. The van der Waals surface area contributed by atoms with Gasteiger partial charge in [-0.3, -0.25) is 0 Å². The maximum Gasteiger partial charge on any atom is 0.126 e. The molecule has 1 atom stereocenters. The summed E-state index contributed by atoms with van der Waals surface area (Å²) in [7, 11) is 1.63. The van der Waals surface area contributed by atoms with Gasteiger partial charge in [0.25, 0.3) is 0 Å². The smallest absolute Gasteiger partial charge is 0.126 e. The molecular formula is C16H17BrFNO. The highest BCUT2D eigenvalue weighted by Gasteiger charge is 2.12. The molecule has 2 N–H and O–H groups in total. The van der Waals surface area contributed by atoms with Gasteiger partial charge in [0, 0.05) is 10.5 Å². The molecule has 0 saturated heterocycles. The first-order valence-corrected chi connectivity index (χ1v) is 7.21. The van der Waals surface area contributed by atoms with Crippen LogP contribution in [0.1, 0.15) is 11.1 Å². The van der Waals surface area contributed by atoms with Crippen molar-refractivity contribution < 1.29 is 9.13 Å². The van der Waals surface area contributed by atoms with Crippen molar-refractivity contribution in [1.82, 2.24) is 0 Å². The molecule has 0 heterocycles. The van der Waals surface area contributed by atoms with Gasteiger partial charge in [-0.1, -0.05) is 34.1 Å². The molecule has 106 valence electrons. The third-order valence-electron chi connectivity index (χ3n) is 3.16. The Hall–Kier alpha value is -1.39. The molecule has 2 rings (SSSR count). The van der Waals surface area contributed by atoms with Gasteiger partial charge in [0.05, 0.1) is 7.11 Å². The van der Waals surface area contributed by atoms with Gasteiger partial charge in [-0.25, -0.2) is 4.39 Å². The minimum Gasteiger partial charge on any atom is -0.496 e. The summed E-state index contributed by atoms with van der Waals surface area (Å²) in [4.78, 5) is 0. The van der Waals surface area contributed by atoms with Crippen LogP contribution in [0.5, 0.6) is 5.75 Å². The fourth-order valence-electron chi connectivity index (χ4n) is 2.21. The molecule has 20 heavy (non-hydrogen) atoms. The van der Waals surface area contributed by atoms with Crippen LogP contribution in [-0.4, -0.2) is 13.2 Å². The van der Waals surface area contributed by atoms with E-state index in [0.717, 1.165) is 15.8 Å². The lowest BCUT2D eigenvalue weighted by atomic mass is 9.99. The van der Waals surface area contributed by atoms with Crippen molar-refractivity contribution in [3.05, 3.63) is 63.9 Å². The summed E-state index contributed by atoms with van der Waals surface area (Å²) in [6.45, 7) is 0. The average molecular weight is 338 g/mol. The number of benzene rings is 2. The molecule has 2 aromatic rings. The van der Waals surface area contributed by atoms with Crippen LogP contribution in [0, 0.1) is 5.82 Å². The Balaban J connectivity index is 2.10. The zero-order chi connectivity index (χ0) is 14.5. The molecule has 2 aromatic carbocycles. The van der Waals surface area contributed by atoms with E-state index in [4.69, 9.17) is 10.5 Å². The van der Waals surface area contributed by atoms with Gasteiger partial charge in [-0.05, 0) is 48.2 Å². The van der Waals surface area contributed by atoms with Crippen LogP contribution in [0.3, 0.4) is 0 Å². The Morgan fingerprint density at radius 2 is 1.85 bits per heavy atom. The predicted octanol–water partition coefficient (Wildman–Crippen LogP) is 3.71. The summed E-state index contributed by atoms with van der Waals surface area (Å²) in [5.41, 5.74) is 7.81. The van der Waals surface area contributed by atoms with E-state index in [1.54, 1.807) is 19.2 Å². The molecule has 0 saturated carbocycles. The lowest BCUT2D eigenvalue weighted by Gasteiger charge is -2.15. The topological polar surface area (TPSA) is 35.2 Å². The Bertz CT molecular complexity index is 588. The van der Waals surface area contributed by atoms with Gasteiger partial charge in [0.15, 0.2) is 0 Å². The van der Waals surface area contributed by atoms with Crippen molar-refractivity contribution in [1.29, 1.82) is 0 Å². The van der Waals surface area contributed by atoms with E-state index in [0.29, 0.717) is 18.4 Å². The molecule has 2 nitrogen and oxygen atoms in total. The van der Waals surface area contributed by atoms with Crippen LogP contribution >= 0.6 is 15.9 Å². The first-order valence-electron chi connectivity index (χ1n) is 6.41. The van der Waals surface area contributed by atoms with Gasteiger partial charge >= 0.3 is 0 Å². The Morgan fingerprint density at radius 1 is 1.15 bits per heavy atom. The van der Waals surface area contributed by atoms with Crippen LogP contribution in [-0.2, 0) is 12.8 Å². The molecule has 0 aromatic heterocycles. The van der Waals surface area contributed by atoms with E-state index in [1.807, 2.05) is 24.3 Å². The molecule has 1 unspecified atom stereocenters. The maximum atomic E-state index is 13.6. The first-order chi connectivity index (χ1) is 9.60. The standard InChI is InChI=1S/C16H17BrFNO/c1-20-16-7-6-13(17)8-12(16)10-14(19)9-11-4-2-3-5-15(11)18/h2-8,14H,9-10,19H2,1H3. The predicted molar refractivity (Wildman–Crippen MR) is 82.5 cm³/mol. The van der Waals surface area contributed by atoms with E-state index in [1.165, 1.54) is 6.07 Å². The van der Waals surface area contributed by atoms with Gasteiger partial charge in [0.2, 0.25) is 0 Å². The van der Waals surface area contributed by atoms with Crippen LogP contribution in [0.25, 0.3) is 0 Å². The molecule has 0 fully saturated rings. The number of methoxy groups -OCH3 is 1. The highest BCUT2D eigenvalue weighted by atomic mass is 79.9. The fourth-order valence-corrected chi connectivity index (χ4v) is 2.62. The highest BCUT2D eigenvalue weighted by Crippen LogP contribution is 2.24. The maximum absolute atomic E-state index is 13.6. The molecule has 0 spiro atoms. The minimum atomic E-state index is -0.204. The van der Waals surface area contributed by atoms with Crippen LogP contribution in [0.2, 0.25) is 0 Å². The normalized spacial score (nSPS) is 12.2. The fraction of sp³-hybridized carbons (Fsp3) is 0.250. The summed E-state index contributed by atoms with van der Waals surface area (Å²) >= 11 is 3.44. The van der Waals surface area contributed by atoms with Crippen LogP contribution < -0.4 is 10.5 Å². The quantitative estimate of drug-likeness (QED) is 0.902. The third-order valence-corrected chi connectivity index (χ3v) is 3.66. The molecule has 0 aliphatic heterocycles. The van der Waals surface area contributed by atoms with Gasteiger partial charge in [-0.2, -0.15) is 0 Å². The van der Waals surface area contributed by atoms with Crippen molar-refractivity contribution in [2.75, 3.05) is 7.11 Å². The lowest BCUT2D eigenvalue weighted by molar-refractivity contribution is 0.407. The molecule has 0 aliphatic carbocycles. The molecule has 0 amide bonds. The Labute approximate surface area is 126 Å². The summed E-state index contributed by atoms with van der Waals surface area (Å²) in [5, 5.41) is 0. The summed E-state index contributed by atoms with van der Waals surface area (Å²) in [6, 6.07) is 12.4. The molecule has 0 aliphatic rings. The number of halogens is 2. The molecule has 0 bridgehead atoms. The number of nitrogens with two attached hydrogens (primary N) is 1. The summed E-state index contributed by atoms with van der Waals surface area (Å²) < 4.78 is 19.9. The largest absolute Gasteiger partial charge is 0.496 e. The van der Waals surface area contributed by atoms with Crippen molar-refractivity contribution in [2.45, 2.75) is 18.9 Å². The zero-order valence-corrected chi connectivity index (χ0v) is 12.9. The second-order valence-corrected chi connectivity index (χ2v) is 5.63. The van der Waals surface area contributed by atoms with E-state index in [2.05, 4.69) is 15.9 Å². The van der Waals surface area contributed by atoms with E-state index in [9.17, 15) is 4.39 Å². The monoisotopic (exact) mass is 337 g/mol. The van der Waals surface area contributed by atoms with Crippen molar-refractivity contribution in [2.24, 2.45) is 5.73 Å². The number of hydrogen-bond donors (Lipinski definition) is 1. The summed E-state index contributed by atoms with van der Waals surface area (Å²) in [6.07, 6.45) is 1.14. The zero-order valence-electron chi connectivity index (χ0n) is 11.3. The minimum absolute atomic E-state index is 0.157. The van der Waals surface area contributed by atoms with Crippen molar-refractivity contribution in [3.63, 3.8) is 0 Å². The number of hydrogen-bond acceptors (Lipinski definition) is 2. The summed E-state index contributed by atoms with van der Waals surface area (Å²) in [5.74, 6) is 0.598. The molecule has 4 heteroatoms. The third kappa shape index (κ3) is 3.81. The second-order valence-electron chi connectivity index (χ2n) is 4.72. The number of rotatable bonds is 5. The first kappa shape index (κ1) is 15.0. The van der Waals surface area contributed by atoms with Crippen molar-refractivity contribution in [3.8, 4) is 5.75 Å². The highest BCUT2D eigenvalue weighted by molar-refractivity contribution is 9.10. The molecular weight excluding hydrogens is 321 g/mol. The average Bonchev–Trinajstić information content (AvgIpc) is 2.41. The Morgan fingerprint density at radius 3 is 2.55 bits per heavy atom. The number of ether oxygens (including phenoxy) is 1. The van der Waals surface area contributed by atoms with Crippen LogP contribution in [0.4, 0.5) is 4.39 Å². The van der Waals surface area contributed by atoms with Crippen LogP contribution in [0.15, 0.2) is 46.9 Å². The lowest BCUT2D eigenvalue weighted by Crippen LogP contribution is -2.26. The van der Waals surface area contributed by atoms with E-state index < -0.39 is 0 Å². The van der Waals surface area contributed by atoms with Gasteiger partial charge in [-0.15, -0.1) is 0 Å². The van der Waals surface area contributed by atoms with E-state index >= 15 is 0 Å². The molecule has 0 radical (unpaired) electrons. The second kappa shape index (κ2) is 6.86. The van der Waals surface area contributed by atoms with E-state index in [-0.39, 0.29) is 11.9 Å².